The van der Waals surface area contributed by atoms with Gasteiger partial charge in [0.25, 0.3) is 0 Å². The number of carbonyl (C=O) groups excluding carboxylic acids is 1. The number of nitrogens with zero attached hydrogens (tertiary/aromatic N) is 4. The first-order valence-electron chi connectivity index (χ1n) is 9.73. The first-order chi connectivity index (χ1) is 14.4. The Hall–Kier alpha value is -2.62. The summed E-state index contributed by atoms with van der Waals surface area (Å²) in [4.78, 5) is 26.1. The van der Waals surface area contributed by atoms with E-state index in [2.05, 4.69) is 20.3 Å². The molecule has 3 rings (SSSR count). The topological polar surface area (TPSA) is 80.2 Å². The summed E-state index contributed by atoms with van der Waals surface area (Å²) in [7, 11) is 0. The van der Waals surface area contributed by atoms with Crippen molar-refractivity contribution < 1.29 is 22.7 Å². The number of aromatic nitrogens is 3. The van der Waals surface area contributed by atoms with E-state index < -0.39 is 17.3 Å². The van der Waals surface area contributed by atoms with Crippen LogP contribution in [0, 0.1) is 0 Å². The number of ether oxygens (including phenoxy) is 1. The molecule has 11 heteroatoms. The second kappa shape index (κ2) is 8.86. The number of pyridine rings is 1. The van der Waals surface area contributed by atoms with Crippen molar-refractivity contribution in [3.63, 3.8) is 0 Å². The summed E-state index contributed by atoms with van der Waals surface area (Å²) in [6.45, 7) is 6.44. The van der Waals surface area contributed by atoms with Crippen molar-refractivity contribution in [1.29, 1.82) is 0 Å². The maximum absolute atomic E-state index is 12.9. The lowest BCUT2D eigenvalue weighted by molar-refractivity contribution is -0.137. The highest BCUT2D eigenvalue weighted by molar-refractivity contribution is 6.28. The maximum Gasteiger partial charge on any atom is 0.416 e. The first kappa shape index (κ1) is 23.1. The fourth-order valence-corrected chi connectivity index (χ4v) is 3.39. The minimum Gasteiger partial charge on any atom is -0.444 e. The van der Waals surface area contributed by atoms with Gasteiger partial charge in [-0.05, 0) is 57.3 Å². The summed E-state index contributed by atoms with van der Waals surface area (Å²) in [5.41, 5.74) is -0.732. The molecule has 0 saturated carbocycles. The molecule has 0 aromatic carbocycles. The Kier molecular flexibility index (Phi) is 6.59. The van der Waals surface area contributed by atoms with E-state index in [0.29, 0.717) is 31.6 Å². The van der Waals surface area contributed by atoms with Crippen molar-refractivity contribution in [3.8, 4) is 0 Å². The standard InChI is InChI=1S/C20H23ClF3N5O2/c1-19(2,3)31-18(30)29-8-5-12(6-9-29)14-11-16(28-17(21)26-14)27-15-10-13(4-7-25-15)20(22,23)24/h4,7,10-12H,5-6,8-9H2,1-3H3,(H,25,26,27,28). The maximum atomic E-state index is 12.9. The molecule has 3 heterocycles. The Morgan fingerprint density at radius 1 is 1.16 bits per heavy atom. The van der Waals surface area contributed by atoms with Crippen molar-refractivity contribution in [2.75, 3.05) is 18.4 Å². The zero-order chi connectivity index (χ0) is 22.8. The van der Waals surface area contributed by atoms with Crippen LogP contribution >= 0.6 is 11.6 Å². The molecule has 1 aliphatic rings. The highest BCUT2D eigenvalue weighted by Gasteiger charge is 2.31. The lowest BCUT2D eigenvalue weighted by Gasteiger charge is -2.33. The number of likely N-dealkylation sites (tertiary alicyclic amines) is 1. The van der Waals surface area contributed by atoms with E-state index in [4.69, 9.17) is 16.3 Å². The van der Waals surface area contributed by atoms with Gasteiger partial charge in [-0.3, -0.25) is 0 Å². The molecule has 7 nitrogen and oxygen atoms in total. The summed E-state index contributed by atoms with van der Waals surface area (Å²) >= 11 is 6.04. The summed E-state index contributed by atoms with van der Waals surface area (Å²) in [6, 6.07) is 3.43. The van der Waals surface area contributed by atoms with Crippen molar-refractivity contribution in [2.24, 2.45) is 0 Å². The van der Waals surface area contributed by atoms with Crippen molar-refractivity contribution in [1.82, 2.24) is 19.9 Å². The summed E-state index contributed by atoms with van der Waals surface area (Å²) in [6.07, 6.45) is -2.47. The van der Waals surface area contributed by atoms with E-state index in [1.165, 1.54) is 0 Å². The predicted molar refractivity (Wildman–Crippen MR) is 109 cm³/mol. The SMILES string of the molecule is CC(C)(C)OC(=O)N1CCC(c2cc(Nc3cc(C(F)(F)F)ccn3)nc(Cl)n2)CC1. The lowest BCUT2D eigenvalue weighted by atomic mass is 9.93. The van der Waals surface area contributed by atoms with Gasteiger partial charge in [-0.15, -0.1) is 0 Å². The Morgan fingerprint density at radius 2 is 1.84 bits per heavy atom. The Labute approximate surface area is 183 Å². The normalized spacial score (nSPS) is 15.6. The molecule has 1 aliphatic heterocycles. The van der Waals surface area contributed by atoms with Crippen LogP contribution in [-0.2, 0) is 10.9 Å². The van der Waals surface area contributed by atoms with Gasteiger partial charge >= 0.3 is 12.3 Å². The smallest absolute Gasteiger partial charge is 0.416 e. The number of piperidine rings is 1. The van der Waals surface area contributed by atoms with E-state index in [-0.39, 0.29) is 28.9 Å². The summed E-state index contributed by atoms with van der Waals surface area (Å²) < 4.78 is 44.2. The molecule has 31 heavy (non-hydrogen) atoms. The molecule has 168 valence electrons. The highest BCUT2D eigenvalue weighted by Crippen LogP contribution is 2.32. The molecule has 1 amide bonds. The Morgan fingerprint density at radius 3 is 2.45 bits per heavy atom. The summed E-state index contributed by atoms with van der Waals surface area (Å²) in [5, 5.41) is 2.73. The minimum absolute atomic E-state index is 0.00436. The average molecular weight is 458 g/mol. The number of alkyl halides is 3. The second-order valence-corrected chi connectivity index (χ2v) is 8.58. The van der Waals surface area contributed by atoms with Crippen molar-refractivity contribution in [2.45, 2.75) is 51.3 Å². The molecule has 2 aromatic rings. The average Bonchev–Trinajstić information content (AvgIpc) is 2.66. The van der Waals surface area contributed by atoms with Gasteiger partial charge in [0.1, 0.15) is 17.2 Å². The number of anilines is 2. The fourth-order valence-electron chi connectivity index (χ4n) is 3.20. The Balaban J connectivity index is 1.69. The van der Waals surface area contributed by atoms with Gasteiger partial charge in [0, 0.05) is 31.3 Å². The second-order valence-electron chi connectivity index (χ2n) is 8.24. The number of hydrogen-bond donors (Lipinski definition) is 1. The van der Waals surface area contributed by atoms with Gasteiger partial charge in [0.15, 0.2) is 0 Å². The third kappa shape index (κ3) is 6.43. The zero-order valence-electron chi connectivity index (χ0n) is 17.3. The van der Waals surface area contributed by atoms with Crippen LogP contribution in [0.5, 0.6) is 0 Å². The molecule has 0 atom stereocenters. The molecule has 0 aliphatic carbocycles. The van der Waals surface area contributed by atoms with Crippen LogP contribution < -0.4 is 5.32 Å². The van der Waals surface area contributed by atoms with Gasteiger partial charge in [0.05, 0.1) is 11.3 Å². The van der Waals surface area contributed by atoms with Gasteiger partial charge in [-0.1, -0.05) is 0 Å². The molecule has 0 bridgehead atoms. The van der Waals surface area contributed by atoms with Gasteiger partial charge in [-0.2, -0.15) is 13.2 Å². The first-order valence-corrected chi connectivity index (χ1v) is 10.1. The summed E-state index contributed by atoms with van der Waals surface area (Å²) in [5.74, 6) is 0.265. The van der Waals surface area contributed by atoms with Crippen LogP contribution in [0.25, 0.3) is 0 Å². The van der Waals surface area contributed by atoms with Gasteiger partial charge < -0.3 is 15.0 Å². The molecule has 1 saturated heterocycles. The van der Waals surface area contributed by atoms with Crippen molar-refractivity contribution >= 4 is 29.3 Å². The van der Waals surface area contributed by atoms with Crippen LogP contribution in [-0.4, -0.2) is 44.6 Å². The number of amides is 1. The molecule has 2 aromatic heterocycles. The lowest BCUT2D eigenvalue weighted by Crippen LogP contribution is -2.41. The van der Waals surface area contributed by atoms with Gasteiger partial charge in [0.2, 0.25) is 5.28 Å². The number of carbonyl (C=O) groups is 1. The number of rotatable bonds is 3. The third-order valence-electron chi connectivity index (χ3n) is 4.63. The highest BCUT2D eigenvalue weighted by atomic mass is 35.5. The molecule has 0 radical (unpaired) electrons. The number of nitrogens with one attached hydrogen (secondary N) is 1. The number of hydrogen-bond acceptors (Lipinski definition) is 6. The molecule has 1 N–H and O–H groups in total. The van der Waals surface area contributed by atoms with Crippen LogP contribution in [0.2, 0.25) is 5.28 Å². The van der Waals surface area contributed by atoms with Crippen LogP contribution in [0.15, 0.2) is 24.4 Å². The molecular weight excluding hydrogens is 435 g/mol. The molecule has 0 spiro atoms. The van der Waals surface area contributed by atoms with Gasteiger partial charge in [-0.25, -0.2) is 19.7 Å². The van der Waals surface area contributed by atoms with Crippen LogP contribution in [0.4, 0.5) is 29.6 Å². The zero-order valence-corrected chi connectivity index (χ0v) is 18.1. The predicted octanol–water partition coefficient (Wildman–Crippen LogP) is 5.40. The van der Waals surface area contributed by atoms with E-state index in [1.54, 1.807) is 11.0 Å². The third-order valence-corrected chi connectivity index (χ3v) is 4.80. The van der Waals surface area contributed by atoms with E-state index >= 15 is 0 Å². The van der Waals surface area contributed by atoms with E-state index in [0.717, 1.165) is 18.3 Å². The van der Waals surface area contributed by atoms with E-state index in [1.807, 2.05) is 20.8 Å². The molecule has 1 fully saturated rings. The molecular formula is C20H23ClF3N5O2. The fraction of sp³-hybridized carbons (Fsp3) is 0.500. The monoisotopic (exact) mass is 457 g/mol. The van der Waals surface area contributed by atoms with Crippen molar-refractivity contribution in [3.05, 3.63) is 40.9 Å². The van der Waals surface area contributed by atoms with Crippen LogP contribution in [0.3, 0.4) is 0 Å². The molecule has 0 unspecified atom stereocenters. The number of halogens is 4. The van der Waals surface area contributed by atoms with E-state index in [9.17, 15) is 18.0 Å². The Bertz CT molecular complexity index is 941. The minimum atomic E-state index is -4.48. The quantitative estimate of drug-likeness (QED) is 0.621. The largest absolute Gasteiger partial charge is 0.444 e. The van der Waals surface area contributed by atoms with Crippen LogP contribution in [0.1, 0.15) is 50.8 Å².